The summed E-state index contributed by atoms with van der Waals surface area (Å²) in [5, 5.41) is 4.16. The van der Waals surface area contributed by atoms with Crippen LogP contribution in [0.1, 0.15) is 26.7 Å². The third-order valence-corrected chi connectivity index (χ3v) is 5.82. The number of anilines is 1. The van der Waals surface area contributed by atoms with Gasteiger partial charge in [-0.05, 0) is 44.2 Å². The van der Waals surface area contributed by atoms with Gasteiger partial charge in [0.2, 0.25) is 5.91 Å². The number of hydrogen-bond acceptors (Lipinski definition) is 6. The second kappa shape index (κ2) is 10.6. The van der Waals surface area contributed by atoms with Crippen molar-refractivity contribution < 1.29 is 14.3 Å². The normalized spacial score (nSPS) is 14.9. The fourth-order valence-electron chi connectivity index (χ4n) is 4.16. The molecule has 0 saturated carbocycles. The summed E-state index contributed by atoms with van der Waals surface area (Å²) >= 11 is 0. The maximum absolute atomic E-state index is 12.6. The quantitative estimate of drug-likeness (QED) is 0.518. The lowest BCUT2D eigenvalue weighted by molar-refractivity contribution is -0.142. The van der Waals surface area contributed by atoms with E-state index in [1.807, 2.05) is 38.2 Å². The monoisotopic (exact) mass is 437 g/mol. The van der Waals surface area contributed by atoms with Gasteiger partial charge < -0.3 is 24.3 Å². The van der Waals surface area contributed by atoms with Crippen LogP contribution < -0.4 is 10.2 Å². The van der Waals surface area contributed by atoms with Gasteiger partial charge in [0.05, 0.1) is 12.1 Å². The van der Waals surface area contributed by atoms with Crippen molar-refractivity contribution in [2.45, 2.75) is 33.0 Å². The van der Waals surface area contributed by atoms with Crippen LogP contribution in [0.2, 0.25) is 0 Å². The number of piperidine rings is 1. The van der Waals surface area contributed by atoms with E-state index in [1.54, 1.807) is 6.33 Å². The molecule has 2 aromatic heterocycles. The number of amides is 1. The van der Waals surface area contributed by atoms with Crippen molar-refractivity contribution in [3.05, 3.63) is 48.9 Å². The third kappa shape index (κ3) is 5.08. The number of nitrogens with one attached hydrogen (secondary N) is 1. The van der Waals surface area contributed by atoms with Crippen molar-refractivity contribution in [2.24, 2.45) is 5.92 Å². The van der Waals surface area contributed by atoms with Gasteiger partial charge in [0.1, 0.15) is 18.0 Å². The highest BCUT2D eigenvalue weighted by Gasteiger charge is 2.26. The Morgan fingerprint density at radius 1 is 1.09 bits per heavy atom. The van der Waals surface area contributed by atoms with Crippen molar-refractivity contribution in [3.8, 4) is 5.82 Å². The molecule has 3 heterocycles. The number of rotatable bonds is 9. The average molecular weight is 438 g/mol. The SMILES string of the molecule is CCOC(CNC(=O)C1CCN(c2cc(-n3ccc4ccccc43)ncn2)CC1)OCC. The van der Waals surface area contributed by atoms with Gasteiger partial charge in [-0.3, -0.25) is 4.79 Å². The van der Waals surface area contributed by atoms with Gasteiger partial charge in [0.25, 0.3) is 0 Å². The van der Waals surface area contributed by atoms with Gasteiger partial charge in [-0.1, -0.05) is 18.2 Å². The lowest BCUT2D eigenvalue weighted by Crippen LogP contribution is -2.43. The predicted octanol–water partition coefficient (Wildman–Crippen LogP) is 3.15. The third-order valence-electron chi connectivity index (χ3n) is 5.82. The zero-order chi connectivity index (χ0) is 22.3. The minimum Gasteiger partial charge on any atom is -0.356 e. The van der Waals surface area contributed by atoms with E-state index >= 15 is 0 Å². The Morgan fingerprint density at radius 3 is 2.56 bits per heavy atom. The van der Waals surface area contributed by atoms with Crippen molar-refractivity contribution >= 4 is 22.6 Å². The number of nitrogens with zero attached hydrogens (tertiary/aromatic N) is 4. The summed E-state index contributed by atoms with van der Waals surface area (Å²) < 4.78 is 13.1. The first-order valence-electron chi connectivity index (χ1n) is 11.3. The summed E-state index contributed by atoms with van der Waals surface area (Å²) in [5.41, 5.74) is 1.12. The number of aromatic nitrogens is 3. The Bertz CT molecular complexity index is 1020. The van der Waals surface area contributed by atoms with Gasteiger partial charge in [-0.15, -0.1) is 0 Å². The van der Waals surface area contributed by atoms with Gasteiger partial charge >= 0.3 is 0 Å². The number of fused-ring (bicyclic) bond motifs is 1. The highest BCUT2D eigenvalue weighted by molar-refractivity contribution is 5.81. The van der Waals surface area contributed by atoms with Crippen LogP contribution in [0.3, 0.4) is 0 Å². The molecule has 32 heavy (non-hydrogen) atoms. The van der Waals surface area contributed by atoms with E-state index in [-0.39, 0.29) is 11.8 Å². The highest BCUT2D eigenvalue weighted by Crippen LogP contribution is 2.25. The smallest absolute Gasteiger partial charge is 0.223 e. The second-order valence-electron chi connectivity index (χ2n) is 7.83. The van der Waals surface area contributed by atoms with Crippen molar-refractivity contribution in [3.63, 3.8) is 0 Å². The first-order chi connectivity index (χ1) is 15.7. The van der Waals surface area contributed by atoms with Crippen molar-refractivity contribution in [1.29, 1.82) is 0 Å². The predicted molar refractivity (Wildman–Crippen MR) is 124 cm³/mol. The molecule has 170 valence electrons. The summed E-state index contributed by atoms with van der Waals surface area (Å²) in [5.74, 6) is 1.79. The number of para-hydroxylation sites is 1. The van der Waals surface area contributed by atoms with Gasteiger partial charge in [0.15, 0.2) is 6.29 Å². The van der Waals surface area contributed by atoms with E-state index < -0.39 is 6.29 Å². The summed E-state index contributed by atoms with van der Waals surface area (Å²) in [7, 11) is 0. The maximum atomic E-state index is 12.6. The second-order valence-corrected chi connectivity index (χ2v) is 7.83. The lowest BCUT2D eigenvalue weighted by Gasteiger charge is -2.32. The molecule has 8 nitrogen and oxygen atoms in total. The molecule has 1 fully saturated rings. The van der Waals surface area contributed by atoms with E-state index in [9.17, 15) is 4.79 Å². The van der Waals surface area contributed by atoms with Gasteiger partial charge in [-0.2, -0.15) is 0 Å². The fraction of sp³-hybridized carbons (Fsp3) is 0.458. The van der Waals surface area contributed by atoms with Gasteiger partial charge in [0, 0.05) is 44.5 Å². The zero-order valence-electron chi connectivity index (χ0n) is 18.7. The molecule has 1 aromatic carbocycles. The molecule has 0 atom stereocenters. The molecular weight excluding hydrogens is 406 g/mol. The number of carbonyl (C=O) groups is 1. The minimum atomic E-state index is -0.391. The first kappa shape index (κ1) is 22.2. The van der Waals surface area contributed by atoms with Crippen molar-refractivity contribution in [1.82, 2.24) is 19.9 Å². The van der Waals surface area contributed by atoms with Crippen LogP contribution >= 0.6 is 0 Å². The molecule has 0 spiro atoms. The minimum absolute atomic E-state index is 0.00940. The lowest BCUT2D eigenvalue weighted by atomic mass is 9.96. The molecule has 0 radical (unpaired) electrons. The summed E-state index contributed by atoms with van der Waals surface area (Å²) in [4.78, 5) is 23.8. The van der Waals surface area contributed by atoms with Crippen LogP contribution in [0, 0.1) is 5.92 Å². The Labute approximate surface area is 188 Å². The van der Waals surface area contributed by atoms with Crippen molar-refractivity contribution in [2.75, 3.05) is 37.7 Å². The molecular formula is C24H31N5O3. The molecule has 1 aliphatic heterocycles. The molecule has 0 aliphatic carbocycles. The molecule has 3 aromatic rings. The number of benzene rings is 1. The highest BCUT2D eigenvalue weighted by atomic mass is 16.7. The summed E-state index contributed by atoms with van der Waals surface area (Å²) in [6, 6.07) is 12.3. The average Bonchev–Trinajstić information content (AvgIpc) is 3.27. The van der Waals surface area contributed by atoms with Crippen LogP contribution in [-0.2, 0) is 14.3 Å². The summed E-state index contributed by atoms with van der Waals surface area (Å²) in [6.45, 7) is 6.88. The Balaban J connectivity index is 1.35. The number of carbonyl (C=O) groups excluding carboxylic acids is 1. The zero-order valence-corrected chi connectivity index (χ0v) is 18.7. The number of hydrogen-bond donors (Lipinski definition) is 1. The Kier molecular flexibility index (Phi) is 7.34. The van der Waals surface area contributed by atoms with Gasteiger partial charge in [-0.25, -0.2) is 9.97 Å². The molecule has 4 rings (SSSR count). The van der Waals surface area contributed by atoms with E-state index in [4.69, 9.17) is 9.47 Å². The first-order valence-corrected chi connectivity index (χ1v) is 11.3. The molecule has 1 aliphatic rings. The van der Waals surface area contributed by atoms with E-state index in [0.717, 1.165) is 43.1 Å². The van der Waals surface area contributed by atoms with Crippen LogP contribution in [0.25, 0.3) is 16.7 Å². The van der Waals surface area contributed by atoms with Crippen LogP contribution in [0.15, 0.2) is 48.9 Å². The fourth-order valence-corrected chi connectivity index (χ4v) is 4.16. The largest absolute Gasteiger partial charge is 0.356 e. The van der Waals surface area contributed by atoms with Crippen LogP contribution in [0.4, 0.5) is 5.82 Å². The molecule has 0 bridgehead atoms. The maximum Gasteiger partial charge on any atom is 0.223 e. The molecule has 0 unspecified atom stereocenters. The molecule has 1 saturated heterocycles. The van der Waals surface area contributed by atoms with E-state index in [1.165, 1.54) is 5.39 Å². The topological polar surface area (TPSA) is 81.5 Å². The van der Waals surface area contributed by atoms with E-state index in [2.05, 4.69) is 43.0 Å². The van der Waals surface area contributed by atoms with E-state index in [0.29, 0.717) is 19.8 Å². The van der Waals surface area contributed by atoms with Crippen LogP contribution in [-0.4, -0.2) is 59.6 Å². The molecule has 8 heteroatoms. The molecule has 1 N–H and O–H groups in total. The standard InChI is InChI=1S/C24H31N5O3/c1-3-31-23(32-4-2)16-25-24(30)19-9-12-28(13-10-19)21-15-22(27-17-26-21)29-14-11-18-7-5-6-8-20(18)29/h5-8,11,14-15,17,19,23H,3-4,9-10,12-13,16H2,1-2H3,(H,25,30). The Morgan fingerprint density at radius 2 is 1.81 bits per heavy atom. The number of ether oxygens (including phenoxy) is 2. The summed E-state index contributed by atoms with van der Waals surface area (Å²) in [6.07, 6.45) is 4.82. The molecule has 1 amide bonds. The Hall–Kier alpha value is -2.97. The van der Waals surface area contributed by atoms with Crippen LogP contribution in [0.5, 0.6) is 0 Å².